The number of rotatable bonds is 7. The fourth-order valence-corrected chi connectivity index (χ4v) is 7.19. The van der Waals surface area contributed by atoms with Crippen molar-refractivity contribution in [1.82, 2.24) is 20.7 Å². The van der Waals surface area contributed by atoms with E-state index in [0.29, 0.717) is 23.7 Å². The first-order valence-electron chi connectivity index (χ1n) is 10.3. The van der Waals surface area contributed by atoms with Gasteiger partial charge in [-0.15, -0.1) is 23.5 Å². The molecule has 7 unspecified atom stereocenters. The maximum atomic E-state index is 12.5. The second kappa shape index (κ2) is 8.86. The van der Waals surface area contributed by atoms with Gasteiger partial charge in [0.05, 0.1) is 30.8 Å². The van der Waals surface area contributed by atoms with Gasteiger partial charge < -0.3 is 25.2 Å². The third-order valence-electron chi connectivity index (χ3n) is 6.18. The highest BCUT2D eigenvalue weighted by Gasteiger charge is 2.60. The summed E-state index contributed by atoms with van der Waals surface area (Å²) in [6.45, 7) is 3.90. The molecule has 32 heavy (non-hydrogen) atoms. The number of aliphatic carboxylic acids is 1. The molecule has 4 aliphatic rings. The van der Waals surface area contributed by atoms with Crippen LogP contribution >= 0.6 is 23.5 Å². The van der Waals surface area contributed by atoms with Crippen LogP contribution in [0.5, 0.6) is 0 Å². The lowest BCUT2D eigenvalue weighted by molar-refractivity contribution is -0.163. The topological polar surface area (TPSA) is 149 Å². The normalized spacial score (nSPS) is 36.0. The van der Waals surface area contributed by atoms with Crippen LogP contribution in [0.4, 0.5) is 0 Å². The molecule has 0 saturated carbocycles. The molecule has 4 N–H and O–H groups in total. The number of hydrazine groups is 1. The number of fused-ring (bicyclic) bond motifs is 1. The fraction of sp³-hybridized carbons (Fsp3) is 0.684. The van der Waals surface area contributed by atoms with Crippen LogP contribution in [0, 0.1) is 11.8 Å². The van der Waals surface area contributed by atoms with Crippen LogP contribution in [-0.4, -0.2) is 92.2 Å². The minimum Gasteiger partial charge on any atom is -0.477 e. The third kappa shape index (κ3) is 4.00. The number of β-lactam (4-membered cyclic amide) rings is 1. The number of hydrogen-bond donors (Lipinski definition) is 4. The Morgan fingerprint density at radius 1 is 1.31 bits per heavy atom. The minimum atomic E-state index is -1.14. The predicted octanol–water partition coefficient (Wildman–Crippen LogP) is -0.860. The highest BCUT2D eigenvalue weighted by Crippen LogP contribution is 2.52. The second-order valence-electron chi connectivity index (χ2n) is 8.41. The average Bonchev–Trinajstić information content (AvgIpc) is 3.25. The molecule has 0 aliphatic carbocycles. The fourth-order valence-electron chi connectivity index (χ4n) is 4.63. The number of carbonyl (C=O) groups excluding carboxylic acids is 3. The molecular weight excluding hydrogens is 460 g/mol. The number of ether oxygens (including phenoxy) is 1. The van der Waals surface area contributed by atoms with Gasteiger partial charge in [0.1, 0.15) is 11.2 Å². The summed E-state index contributed by atoms with van der Waals surface area (Å²) in [7, 11) is 1.66. The number of nitrogens with one attached hydrogen (secondary N) is 2. The number of hydrogen-bond acceptors (Lipinski definition) is 9. The highest BCUT2D eigenvalue weighted by atomic mass is 32.2. The van der Waals surface area contributed by atoms with Crippen molar-refractivity contribution in [3.63, 3.8) is 0 Å². The van der Waals surface area contributed by atoms with Gasteiger partial charge in [0.25, 0.3) is 0 Å². The number of carbonyl (C=O) groups is 4. The smallest absolute Gasteiger partial charge is 0.353 e. The van der Waals surface area contributed by atoms with E-state index in [1.165, 1.54) is 33.4 Å². The van der Waals surface area contributed by atoms with Crippen LogP contribution < -0.4 is 10.7 Å². The first-order chi connectivity index (χ1) is 15.1. The summed E-state index contributed by atoms with van der Waals surface area (Å²) in [6.07, 6.45) is -0.226. The molecule has 0 spiro atoms. The maximum Gasteiger partial charge on any atom is 0.353 e. The number of carboxylic acids is 1. The van der Waals surface area contributed by atoms with Crippen LogP contribution in [0.15, 0.2) is 10.6 Å². The number of nitrogens with zero attached hydrogens (tertiary/aromatic N) is 2. The molecule has 11 nitrogen and oxygen atoms in total. The molecule has 0 aromatic heterocycles. The Morgan fingerprint density at radius 3 is 2.69 bits per heavy atom. The lowest BCUT2D eigenvalue weighted by atomic mass is 9.79. The van der Waals surface area contributed by atoms with Gasteiger partial charge in [-0.2, -0.15) is 5.01 Å². The van der Waals surface area contributed by atoms with Crippen LogP contribution in [0.25, 0.3) is 0 Å². The molecule has 3 fully saturated rings. The van der Waals surface area contributed by atoms with E-state index in [4.69, 9.17) is 4.74 Å². The number of amides is 3. The molecule has 4 rings (SSSR count). The molecule has 176 valence electrons. The zero-order chi connectivity index (χ0) is 23.3. The first kappa shape index (κ1) is 23.4. The number of aliphatic hydroxyl groups is 1. The molecule has 0 aromatic rings. The molecule has 0 radical (unpaired) electrons. The highest BCUT2D eigenvalue weighted by molar-refractivity contribution is 8.03. The van der Waals surface area contributed by atoms with Crippen molar-refractivity contribution < 1.29 is 34.1 Å². The molecule has 4 heterocycles. The van der Waals surface area contributed by atoms with Crippen molar-refractivity contribution in [2.24, 2.45) is 11.8 Å². The van der Waals surface area contributed by atoms with Crippen molar-refractivity contribution in [3.8, 4) is 0 Å². The van der Waals surface area contributed by atoms with E-state index in [1.54, 1.807) is 14.0 Å². The van der Waals surface area contributed by atoms with E-state index in [-0.39, 0.29) is 34.9 Å². The Hall–Kier alpha value is -1.80. The standard InChI is InChI=1S/C19H26N4O7S2/c1-7-12-11(8(2)24)17(27)23(12)13(18(28)29)14(7)32-10-4-9(30-5-10)6-31-19-20-15(25)16(26)21-22(19)3/h7-12,19,24H,4-6H2,1-3H3,(H,20,25)(H,21,26)(H,28,29). The lowest BCUT2D eigenvalue weighted by Crippen LogP contribution is -2.63. The van der Waals surface area contributed by atoms with Crippen molar-refractivity contribution in [2.45, 2.75) is 49.3 Å². The van der Waals surface area contributed by atoms with Crippen LogP contribution in [0.3, 0.4) is 0 Å². The molecule has 3 saturated heterocycles. The summed E-state index contributed by atoms with van der Waals surface area (Å²) < 4.78 is 5.88. The van der Waals surface area contributed by atoms with Crippen molar-refractivity contribution in [2.75, 3.05) is 19.4 Å². The van der Waals surface area contributed by atoms with Crippen LogP contribution in [0.2, 0.25) is 0 Å². The lowest BCUT2D eigenvalue weighted by Gasteiger charge is -2.46. The molecule has 13 heteroatoms. The Morgan fingerprint density at radius 2 is 2.03 bits per heavy atom. The molecule has 0 aromatic carbocycles. The SMILES string of the molecule is CC(O)C1C(=O)N2C(C(=O)O)=C(SC3COC(CSC4NC(=O)C(=O)NN4C)C3)C(C)C12. The summed E-state index contributed by atoms with van der Waals surface area (Å²) in [4.78, 5) is 49.3. The monoisotopic (exact) mass is 486 g/mol. The first-order valence-corrected chi connectivity index (χ1v) is 12.3. The number of thioether (sulfide) groups is 2. The van der Waals surface area contributed by atoms with Gasteiger partial charge >= 0.3 is 17.8 Å². The quantitative estimate of drug-likeness (QED) is 0.265. The van der Waals surface area contributed by atoms with E-state index >= 15 is 0 Å². The predicted molar refractivity (Wildman–Crippen MR) is 116 cm³/mol. The molecule has 3 amide bonds. The zero-order valence-corrected chi connectivity index (χ0v) is 19.4. The average molecular weight is 487 g/mol. The zero-order valence-electron chi connectivity index (χ0n) is 17.8. The van der Waals surface area contributed by atoms with Gasteiger partial charge in [-0.05, 0) is 13.3 Å². The van der Waals surface area contributed by atoms with Crippen LogP contribution in [-0.2, 0) is 23.9 Å². The van der Waals surface area contributed by atoms with Crippen molar-refractivity contribution in [3.05, 3.63) is 10.6 Å². The molecule has 4 aliphatic heterocycles. The van der Waals surface area contributed by atoms with E-state index in [1.807, 2.05) is 6.92 Å². The van der Waals surface area contributed by atoms with E-state index in [9.17, 15) is 29.4 Å². The van der Waals surface area contributed by atoms with Gasteiger partial charge in [0.2, 0.25) is 5.91 Å². The number of aliphatic hydroxyl groups excluding tert-OH is 1. The largest absolute Gasteiger partial charge is 0.477 e. The van der Waals surface area contributed by atoms with Gasteiger partial charge in [-0.25, -0.2) is 4.79 Å². The van der Waals surface area contributed by atoms with Crippen LogP contribution in [0.1, 0.15) is 20.3 Å². The van der Waals surface area contributed by atoms with Gasteiger partial charge in [0.15, 0.2) is 0 Å². The third-order valence-corrected chi connectivity index (χ3v) is 8.97. The van der Waals surface area contributed by atoms with Gasteiger partial charge in [-0.1, -0.05) is 6.92 Å². The molecule has 7 atom stereocenters. The molecule has 0 bridgehead atoms. The Bertz CT molecular complexity index is 882. The number of carboxylic acid groups (broad SMARTS) is 1. The van der Waals surface area contributed by atoms with Gasteiger partial charge in [-0.3, -0.25) is 19.8 Å². The summed E-state index contributed by atoms with van der Waals surface area (Å²) >= 11 is 2.87. The summed E-state index contributed by atoms with van der Waals surface area (Å²) in [5.74, 6) is -3.03. The van der Waals surface area contributed by atoms with E-state index < -0.39 is 35.3 Å². The minimum absolute atomic E-state index is 0.0227. The van der Waals surface area contributed by atoms with E-state index in [0.717, 1.165) is 0 Å². The Kier molecular flexibility index (Phi) is 6.47. The van der Waals surface area contributed by atoms with E-state index in [2.05, 4.69) is 10.7 Å². The molecular formula is C19H26N4O7S2. The Labute approximate surface area is 193 Å². The second-order valence-corrected chi connectivity index (χ2v) is 10.9. The summed E-state index contributed by atoms with van der Waals surface area (Å²) in [6, 6.07) is -0.328. The Balaban J connectivity index is 1.36. The van der Waals surface area contributed by atoms with Crippen molar-refractivity contribution in [1.29, 1.82) is 0 Å². The van der Waals surface area contributed by atoms with Gasteiger partial charge in [0, 0.05) is 28.9 Å². The van der Waals surface area contributed by atoms with Crippen molar-refractivity contribution >= 4 is 47.2 Å². The summed E-state index contributed by atoms with van der Waals surface area (Å²) in [5.41, 5.74) is 2.08. The maximum absolute atomic E-state index is 12.5. The summed E-state index contributed by atoms with van der Waals surface area (Å²) in [5, 5.41) is 23.9.